The van der Waals surface area contributed by atoms with Crippen molar-refractivity contribution in [1.29, 1.82) is 0 Å². The first kappa shape index (κ1) is 15.9. The van der Waals surface area contributed by atoms with Gasteiger partial charge in [-0.15, -0.1) is 0 Å². The first-order chi connectivity index (χ1) is 10.6. The van der Waals surface area contributed by atoms with Gasteiger partial charge in [0.2, 0.25) is 0 Å². The zero-order chi connectivity index (χ0) is 15.9. The lowest BCUT2D eigenvalue weighted by atomic mass is 10.2. The summed E-state index contributed by atoms with van der Waals surface area (Å²) >= 11 is 0. The number of nitrogens with one attached hydrogen (secondary N) is 1. The standard InChI is InChI=1S/C16H18FN3O2/c1-2-3-9-18-16(22)14-7-8-15(21)20(19-14)11-12-5-4-6-13(17)10-12/h4-8,10H,2-3,9,11H2,1H3,(H,18,22). The normalized spacial score (nSPS) is 10.5. The summed E-state index contributed by atoms with van der Waals surface area (Å²) in [6.07, 6.45) is 1.86. The number of benzene rings is 1. The van der Waals surface area contributed by atoms with Crippen molar-refractivity contribution in [3.05, 3.63) is 63.8 Å². The van der Waals surface area contributed by atoms with Gasteiger partial charge in [0.25, 0.3) is 11.5 Å². The zero-order valence-corrected chi connectivity index (χ0v) is 12.4. The number of aromatic nitrogens is 2. The summed E-state index contributed by atoms with van der Waals surface area (Å²) in [5.41, 5.74) is 0.444. The highest BCUT2D eigenvalue weighted by atomic mass is 19.1. The van der Waals surface area contributed by atoms with Crippen LogP contribution in [0.1, 0.15) is 35.8 Å². The molecule has 0 bridgehead atoms. The lowest BCUT2D eigenvalue weighted by Gasteiger charge is -2.08. The molecule has 6 heteroatoms. The molecule has 1 aromatic carbocycles. The third-order valence-corrected chi connectivity index (χ3v) is 3.14. The Kier molecular flexibility index (Phi) is 5.41. The van der Waals surface area contributed by atoms with Crippen molar-refractivity contribution in [2.45, 2.75) is 26.3 Å². The molecule has 0 unspecified atom stereocenters. The minimum atomic E-state index is -0.376. The van der Waals surface area contributed by atoms with Crippen molar-refractivity contribution in [1.82, 2.24) is 15.1 Å². The number of unbranched alkanes of at least 4 members (excludes halogenated alkanes) is 1. The summed E-state index contributed by atoms with van der Waals surface area (Å²) in [5, 5.41) is 6.79. The fourth-order valence-electron chi connectivity index (χ4n) is 1.96. The summed E-state index contributed by atoms with van der Waals surface area (Å²) in [6.45, 7) is 2.72. The van der Waals surface area contributed by atoms with E-state index in [1.54, 1.807) is 12.1 Å². The van der Waals surface area contributed by atoms with Gasteiger partial charge in [0, 0.05) is 12.6 Å². The van der Waals surface area contributed by atoms with Gasteiger partial charge in [-0.2, -0.15) is 5.10 Å². The lowest BCUT2D eigenvalue weighted by molar-refractivity contribution is 0.0945. The van der Waals surface area contributed by atoms with Crippen LogP contribution >= 0.6 is 0 Å². The van der Waals surface area contributed by atoms with Crippen molar-refractivity contribution in [2.75, 3.05) is 6.54 Å². The number of halogens is 1. The van der Waals surface area contributed by atoms with Gasteiger partial charge in [0.1, 0.15) is 11.5 Å². The van der Waals surface area contributed by atoms with E-state index in [-0.39, 0.29) is 29.5 Å². The molecule has 0 atom stereocenters. The van der Waals surface area contributed by atoms with E-state index in [1.165, 1.54) is 24.3 Å². The van der Waals surface area contributed by atoms with Gasteiger partial charge in [0.05, 0.1) is 6.54 Å². The van der Waals surface area contributed by atoms with Crippen molar-refractivity contribution in [3.8, 4) is 0 Å². The van der Waals surface area contributed by atoms with E-state index in [2.05, 4.69) is 10.4 Å². The quantitative estimate of drug-likeness (QED) is 0.830. The number of rotatable bonds is 6. The third-order valence-electron chi connectivity index (χ3n) is 3.14. The number of hydrogen-bond acceptors (Lipinski definition) is 3. The van der Waals surface area contributed by atoms with E-state index >= 15 is 0 Å². The first-order valence-electron chi connectivity index (χ1n) is 7.21. The first-order valence-corrected chi connectivity index (χ1v) is 7.21. The Morgan fingerprint density at radius 1 is 1.32 bits per heavy atom. The fourth-order valence-corrected chi connectivity index (χ4v) is 1.96. The van der Waals surface area contributed by atoms with Crippen LogP contribution in [-0.2, 0) is 6.54 Å². The molecule has 0 radical (unpaired) electrons. The highest BCUT2D eigenvalue weighted by molar-refractivity contribution is 5.91. The Balaban J connectivity index is 2.16. The summed E-state index contributed by atoms with van der Waals surface area (Å²) < 4.78 is 14.3. The molecule has 0 spiro atoms. The number of amides is 1. The molecule has 5 nitrogen and oxygen atoms in total. The molecular formula is C16H18FN3O2. The molecule has 1 aromatic heterocycles. The van der Waals surface area contributed by atoms with Crippen LogP contribution in [0.2, 0.25) is 0 Å². The van der Waals surface area contributed by atoms with Crippen LogP contribution in [0.3, 0.4) is 0 Å². The predicted octanol–water partition coefficient (Wildman–Crippen LogP) is 1.96. The molecule has 0 fully saturated rings. The van der Waals surface area contributed by atoms with Crippen molar-refractivity contribution in [3.63, 3.8) is 0 Å². The molecule has 22 heavy (non-hydrogen) atoms. The maximum Gasteiger partial charge on any atom is 0.271 e. The van der Waals surface area contributed by atoms with Crippen molar-refractivity contribution >= 4 is 5.91 Å². The SMILES string of the molecule is CCCCNC(=O)c1ccc(=O)n(Cc2cccc(F)c2)n1. The van der Waals surface area contributed by atoms with Crippen LogP contribution in [0, 0.1) is 5.82 Å². The highest BCUT2D eigenvalue weighted by Crippen LogP contribution is 2.04. The molecule has 1 amide bonds. The Hall–Kier alpha value is -2.50. The van der Waals surface area contributed by atoms with Crippen LogP contribution < -0.4 is 10.9 Å². The Morgan fingerprint density at radius 2 is 2.14 bits per heavy atom. The molecule has 1 heterocycles. The van der Waals surface area contributed by atoms with E-state index in [4.69, 9.17) is 0 Å². The Morgan fingerprint density at radius 3 is 2.86 bits per heavy atom. The minimum Gasteiger partial charge on any atom is -0.351 e. The molecule has 116 valence electrons. The molecule has 0 aliphatic carbocycles. The van der Waals surface area contributed by atoms with Gasteiger partial charge >= 0.3 is 0 Å². The third kappa shape index (κ3) is 4.25. The molecular weight excluding hydrogens is 285 g/mol. The average Bonchev–Trinajstić information content (AvgIpc) is 2.49. The van der Waals surface area contributed by atoms with E-state index < -0.39 is 0 Å². The average molecular weight is 303 g/mol. The molecule has 0 saturated carbocycles. The highest BCUT2D eigenvalue weighted by Gasteiger charge is 2.09. The number of hydrogen-bond donors (Lipinski definition) is 1. The number of carbonyl (C=O) groups is 1. The van der Waals surface area contributed by atoms with Gasteiger partial charge in [-0.25, -0.2) is 9.07 Å². The zero-order valence-electron chi connectivity index (χ0n) is 12.4. The van der Waals surface area contributed by atoms with Gasteiger partial charge in [-0.1, -0.05) is 25.5 Å². The predicted molar refractivity (Wildman–Crippen MR) is 81.2 cm³/mol. The minimum absolute atomic E-state index is 0.118. The van der Waals surface area contributed by atoms with Gasteiger partial charge < -0.3 is 5.32 Å². The Bertz CT molecular complexity index is 713. The molecule has 2 aromatic rings. The topological polar surface area (TPSA) is 64.0 Å². The monoisotopic (exact) mass is 303 g/mol. The second-order valence-electron chi connectivity index (χ2n) is 4.95. The van der Waals surface area contributed by atoms with Gasteiger partial charge in [-0.05, 0) is 30.2 Å². The second kappa shape index (κ2) is 7.49. The lowest BCUT2D eigenvalue weighted by Crippen LogP contribution is -2.30. The van der Waals surface area contributed by atoms with E-state index in [1.807, 2.05) is 6.92 Å². The van der Waals surface area contributed by atoms with Crippen LogP contribution in [0.25, 0.3) is 0 Å². The van der Waals surface area contributed by atoms with Crippen LogP contribution in [0.15, 0.2) is 41.2 Å². The van der Waals surface area contributed by atoms with Gasteiger partial charge in [-0.3, -0.25) is 9.59 Å². The maximum atomic E-state index is 13.2. The van der Waals surface area contributed by atoms with Crippen molar-refractivity contribution in [2.24, 2.45) is 0 Å². The summed E-state index contributed by atoms with van der Waals surface area (Å²) in [6, 6.07) is 8.62. The fraction of sp³-hybridized carbons (Fsp3) is 0.312. The number of carbonyl (C=O) groups excluding carboxylic acids is 1. The largest absolute Gasteiger partial charge is 0.351 e. The smallest absolute Gasteiger partial charge is 0.271 e. The van der Waals surface area contributed by atoms with Gasteiger partial charge in [0.15, 0.2) is 0 Å². The molecule has 0 aliphatic heterocycles. The van der Waals surface area contributed by atoms with E-state index in [9.17, 15) is 14.0 Å². The molecule has 2 rings (SSSR count). The molecule has 0 saturated heterocycles. The molecule has 0 aliphatic rings. The summed E-state index contributed by atoms with van der Waals surface area (Å²) in [7, 11) is 0. The van der Waals surface area contributed by atoms with Crippen LogP contribution in [-0.4, -0.2) is 22.2 Å². The van der Waals surface area contributed by atoms with Crippen molar-refractivity contribution < 1.29 is 9.18 Å². The second-order valence-corrected chi connectivity index (χ2v) is 4.95. The van der Waals surface area contributed by atoms with E-state index in [0.29, 0.717) is 12.1 Å². The summed E-state index contributed by atoms with van der Waals surface area (Å²) in [5.74, 6) is -0.694. The number of nitrogens with zero attached hydrogens (tertiary/aromatic N) is 2. The van der Waals surface area contributed by atoms with Crippen LogP contribution in [0.5, 0.6) is 0 Å². The van der Waals surface area contributed by atoms with Crippen LogP contribution in [0.4, 0.5) is 4.39 Å². The van der Waals surface area contributed by atoms with E-state index in [0.717, 1.165) is 17.5 Å². The molecule has 1 N–H and O–H groups in total. The Labute approximate surface area is 127 Å². The summed E-state index contributed by atoms with van der Waals surface area (Å²) in [4.78, 5) is 23.8. The maximum absolute atomic E-state index is 13.2.